The number of benzene rings is 1. The van der Waals surface area contributed by atoms with Gasteiger partial charge in [0.2, 0.25) is 5.75 Å². The number of carboxylic acids is 1. The zero-order chi connectivity index (χ0) is 30.1. The summed E-state index contributed by atoms with van der Waals surface area (Å²) in [6.07, 6.45) is 23.9. The van der Waals surface area contributed by atoms with Gasteiger partial charge in [0, 0.05) is 5.56 Å². The molecule has 0 aliphatic heterocycles. The van der Waals surface area contributed by atoms with Gasteiger partial charge in [0.15, 0.2) is 11.5 Å². The topological polar surface area (TPSA) is 85.2 Å². The first-order chi connectivity index (χ1) is 20.0. The molecule has 0 aliphatic carbocycles. The third kappa shape index (κ3) is 15.2. The van der Waals surface area contributed by atoms with Gasteiger partial charge in [-0.1, -0.05) is 130 Å². The first-order valence-electron chi connectivity index (χ1n) is 17.1. The SMILES string of the molecule is CCCCCCCCCCc1c(CCCCCCCCCC)c(C(=O)O)c(O)c(OOCCCC)c1OCCCC. The molecule has 0 fully saturated rings. The van der Waals surface area contributed by atoms with Crippen molar-refractivity contribution in [3.63, 3.8) is 0 Å². The first-order valence-corrected chi connectivity index (χ1v) is 17.1. The number of aromatic carboxylic acids is 1. The van der Waals surface area contributed by atoms with E-state index in [4.69, 9.17) is 14.5 Å². The maximum absolute atomic E-state index is 12.5. The van der Waals surface area contributed by atoms with Crippen LogP contribution in [0.1, 0.15) is 178 Å². The van der Waals surface area contributed by atoms with Gasteiger partial charge in [0.25, 0.3) is 0 Å². The van der Waals surface area contributed by atoms with Crippen LogP contribution < -0.4 is 9.62 Å². The molecule has 1 aromatic rings. The maximum Gasteiger partial charge on any atom is 0.339 e. The molecule has 0 aliphatic rings. The van der Waals surface area contributed by atoms with Crippen LogP contribution in [0.3, 0.4) is 0 Å². The average molecular weight is 579 g/mol. The number of aromatic hydroxyl groups is 1. The van der Waals surface area contributed by atoms with E-state index in [1.807, 2.05) is 0 Å². The molecule has 0 atom stereocenters. The van der Waals surface area contributed by atoms with Crippen molar-refractivity contribution in [1.29, 1.82) is 0 Å². The van der Waals surface area contributed by atoms with Crippen molar-refractivity contribution in [3.05, 3.63) is 16.7 Å². The van der Waals surface area contributed by atoms with Crippen molar-refractivity contribution in [3.8, 4) is 17.2 Å². The van der Waals surface area contributed by atoms with Gasteiger partial charge in [-0.15, -0.1) is 0 Å². The Hall–Kier alpha value is -1.95. The van der Waals surface area contributed by atoms with Crippen LogP contribution in [0, 0.1) is 0 Å². The van der Waals surface area contributed by atoms with E-state index in [2.05, 4.69) is 27.7 Å². The number of phenols is 1. The fourth-order valence-corrected chi connectivity index (χ4v) is 5.28. The fraction of sp³-hybridized carbons (Fsp3) is 0.800. The normalized spacial score (nSPS) is 11.2. The van der Waals surface area contributed by atoms with Gasteiger partial charge in [0.05, 0.1) is 13.2 Å². The molecular weight excluding hydrogens is 516 g/mol. The van der Waals surface area contributed by atoms with Gasteiger partial charge >= 0.3 is 5.97 Å². The van der Waals surface area contributed by atoms with E-state index in [0.29, 0.717) is 37.4 Å². The lowest BCUT2D eigenvalue weighted by molar-refractivity contribution is -0.209. The molecule has 0 amide bonds. The predicted molar refractivity (Wildman–Crippen MR) is 170 cm³/mol. The Morgan fingerprint density at radius 1 is 0.561 bits per heavy atom. The summed E-state index contributed by atoms with van der Waals surface area (Å²) in [5, 5.41) is 21.5. The molecule has 6 heteroatoms. The molecule has 0 radical (unpaired) electrons. The molecule has 0 unspecified atom stereocenters. The quantitative estimate of drug-likeness (QED) is 0.0584. The van der Waals surface area contributed by atoms with Gasteiger partial charge in [-0.3, -0.25) is 0 Å². The van der Waals surface area contributed by atoms with Crippen LogP contribution in [0.25, 0.3) is 0 Å². The van der Waals surface area contributed by atoms with E-state index in [9.17, 15) is 15.0 Å². The second-order valence-electron chi connectivity index (χ2n) is 11.6. The number of hydrogen-bond donors (Lipinski definition) is 2. The number of hydrogen-bond acceptors (Lipinski definition) is 5. The minimum absolute atomic E-state index is 0.0174. The second kappa shape index (κ2) is 24.6. The monoisotopic (exact) mass is 578 g/mol. The minimum atomic E-state index is -1.13. The van der Waals surface area contributed by atoms with Crippen molar-refractivity contribution in [1.82, 2.24) is 0 Å². The van der Waals surface area contributed by atoms with Crippen LogP contribution >= 0.6 is 0 Å². The highest BCUT2D eigenvalue weighted by Gasteiger charge is 2.30. The molecule has 0 saturated heterocycles. The molecule has 0 bridgehead atoms. The van der Waals surface area contributed by atoms with Crippen LogP contribution in [-0.4, -0.2) is 29.4 Å². The molecule has 1 rings (SSSR count). The number of carbonyl (C=O) groups is 1. The lowest BCUT2D eigenvalue weighted by Crippen LogP contribution is -2.13. The van der Waals surface area contributed by atoms with Gasteiger partial charge in [-0.05, 0) is 44.1 Å². The smallest absolute Gasteiger partial charge is 0.339 e. The highest BCUT2D eigenvalue weighted by atomic mass is 17.2. The first kappa shape index (κ1) is 37.1. The van der Waals surface area contributed by atoms with E-state index in [-0.39, 0.29) is 17.1 Å². The number of carboxylic acid groups (broad SMARTS) is 1. The molecular formula is C35H62O6. The molecule has 2 N–H and O–H groups in total. The van der Waals surface area contributed by atoms with Crippen molar-refractivity contribution < 1.29 is 29.5 Å². The Kier molecular flexibility index (Phi) is 22.3. The van der Waals surface area contributed by atoms with E-state index < -0.39 is 5.97 Å². The maximum atomic E-state index is 12.5. The lowest BCUT2D eigenvalue weighted by Gasteiger charge is -2.22. The molecule has 0 spiro atoms. The summed E-state index contributed by atoms with van der Waals surface area (Å²) >= 11 is 0. The molecule has 0 heterocycles. The fourth-order valence-electron chi connectivity index (χ4n) is 5.28. The Morgan fingerprint density at radius 2 is 1.00 bits per heavy atom. The Labute approximate surface area is 251 Å². The molecule has 0 aromatic heterocycles. The summed E-state index contributed by atoms with van der Waals surface area (Å²) in [4.78, 5) is 23.6. The van der Waals surface area contributed by atoms with Gasteiger partial charge in [-0.2, -0.15) is 4.89 Å². The Morgan fingerprint density at radius 3 is 1.49 bits per heavy atom. The van der Waals surface area contributed by atoms with Crippen LogP contribution in [0.2, 0.25) is 0 Å². The third-order valence-electron chi connectivity index (χ3n) is 7.84. The highest BCUT2D eigenvalue weighted by molar-refractivity contribution is 5.95. The summed E-state index contributed by atoms with van der Waals surface area (Å²) in [7, 11) is 0. The number of unbranched alkanes of at least 4 members (excludes halogenated alkanes) is 16. The van der Waals surface area contributed by atoms with Crippen molar-refractivity contribution in [2.75, 3.05) is 13.2 Å². The zero-order valence-corrected chi connectivity index (χ0v) is 27.0. The molecule has 238 valence electrons. The Balaban J connectivity index is 3.22. The van der Waals surface area contributed by atoms with Gasteiger partial charge in [-0.25, -0.2) is 4.79 Å². The molecule has 0 saturated carbocycles. The van der Waals surface area contributed by atoms with Crippen LogP contribution in [0.5, 0.6) is 17.2 Å². The van der Waals surface area contributed by atoms with Gasteiger partial charge in [0.1, 0.15) is 5.56 Å². The van der Waals surface area contributed by atoms with E-state index in [1.165, 1.54) is 70.6 Å². The third-order valence-corrected chi connectivity index (χ3v) is 7.84. The summed E-state index contributed by atoms with van der Waals surface area (Å²) in [5.41, 5.74) is 1.52. The lowest BCUT2D eigenvalue weighted by atomic mass is 9.90. The van der Waals surface area contributed by atoms with Gasteiger partial charge < -0.3 is 19.8 Å². The van der Waals surface area contributed by atoms with E-state index in [0.717, 1.165) is 63.4 Å². The largest absolute Gasteiger partial charge is 0.503 e. The van der Waals surface area contributed by atoms with Crippen LogP contribution in [-0.2, 0) is 17.7 Å². The summed E-state index contributed by atoms with van der Waals surface area (Å²) in [5.74, 6) is -1.03. The zero-order valence-electron chi connectivity index (χ0n) is 27.0. The van der Waals surface area contributed by atoms with Crippen molar-refractivity contribution in [2.45, 2.75) is 169 Å². The number of rotatable bonds is 28. The summed E-state index contributed by atoms with van der Waals surface area (Å²) in [6.45, 7) is 9.48. The minimum Gasteiger partial charge on any atom is -0.503 e. The molecule has 6 nitrogen and oxygen atoms in total. The van der Waals surface area contributed by atoms with Crippen molar-refractivity contribution in [2.24, 2.45) is 0 Å². The summed E-state index contributed by atoms with van der Waals surface area (Å²) in [6, 6.07) is 0. The molecule has 41 heavy (non-hydrogen) atoms. The van der Waals surface area contributed by atoms with E-state index >= 15 is 0 Å². The predicted octanol–water partition coefficient (Wildman–Crippen LogP) is 10.7. The number of ether oxygens (including phenoxy) is 1. The van der Waals surface area contributed by atoms with E-state index in [1.54, 1.807) is 0 Å². The highest BCUT2D eigenvalue weighted by Crippen LogP contribution is 2.46. The van der Waals surface area contributed by atoms with Crippen molar-refractivity contribution >= 4 is 5.97 Å². The second-order valence-corrected chi connectivity index (χ2v) is 11.6. The van der Waals surface area contributed by atoms with Crippen LogP contribution in [0.4, 0.5) is 0 Å². The Bertz CT molecular complexity index is 807. The average Bonchev–Trinajstić information content (AvgIpc) is 2.95. The van der Waals surface area contributed by atoms with Crippen LogP contribution in [0.15, 0.2) is 0 Å². The standard InChI is InChI=1S/C35H62O6/c1-5-9-13-15-17-19-21-23-25-29-30(26-24-22-20-18-16-14-10-6-2)33(39-27-11-7-3)34(41-40-28-12-8-4)32(36)31(29)35(37)38/h36H,5-28H2,1-4H3,(H,37,38). The molecule has 1 aromatic carbocycles. The summed E-state index contributed by atoms with van der Waals surface area (Å²) < 4.78 is 6.27.